The Hall–Kier alpha value is -2.70. The van der Waals surface area contributed by atoms with E-state index in [1.54, 1.807) is 29.3 Å². The zero-order valence-corrected chi connectivity index (χ0v) is 16.1. The standard InChI is InChI=1S/C21H27N5O2/c27-20(23-12-18-3-1-7-22-11-18)9-17-4-2-8-25(14-17)19-10-21(28)26(24-13-19)15-16-5-6-16/h1,3,7,10-11,13,16-17H,2,4-6,8-9,12,14-15H2,(H,23,27). The number of amides is 1. The van der Waals surface area contributed by atoms with Crippen LogP contribution in [-0.4, -0.2) is 33.8 Å². The third-order valence-electron chi connectivity index (χ3n) is 5.55. The predicted molar refractivity (Wildman–Crippen MR) is 107 cm³/mol. The van der Waals surface area contributed by atoms with E-state index < -0.39 is 0 Å². The third kappa shape index (κ3) is 4.97. The Balaban J connectivity index is 1.30. The van der Waals surface area contributed by atoms with Gasteiger partial charge in [0.2, 0.25) is 5.91 Å². The molecule has 7 heteroatoms. The largest absolute Gasteiger partial charge is 0.370 e. The first-order chi connectivity index (χ1) is 13.7. The molecule has 1 saturated carbocycles. The van der Waals surface area contributed by atoms with Crippen LogP contribution in [0, 0.1) is 11.8 Å². The lowest BCUT2D eigenvalue weighted by molar-refractivity contribution is -0.122. The highest BCUT2D eigenvalue weighted by molar-refractivity contribution is 5.76. The topological polar surface area (TPSA) is 80.1 Å². The average molecular weight is 381 g/mol. The molecule has 0 spiro atoms. The summed E-state index contributed by atoms with van der Waals surface area (Å²) >= 11 is 0. The Morgan fingerprint density at radius 3 is 2.86 bits per heavy atom. The zero-order valence-electron chi connectivity index (χ0n) is 16.1. The smallest absolute Gasteiger partial charge is 0.268 e. The number of nitrogens with one attached hydrogen (secondary N) is 1. The number of aromatic nitrogens is 3. The molecule has 148 valence electrons. The van der Waals surface area contributed by atoms with Crippen molar-refractivity contribution in [3.05, 3.63) is 52.7 Å². The second kappa shape index (κ2) is 8.54. The Labute approximate surface area is 164 Å². The van der Waals surface area contributed by atoms with Crippen LogP contribution >= 0.6 is 0 Å². The van der Waals surface area contributed by atoms with E-state index in [1.165, 1.54) is 12.8 Å². The summed E-state index contributed by atoms with van der Waals surface area (Å²) in [6.45, 7) is 2.93. The number of piperidine rings is 1. The van der Waals surface area contributed by atoms with Crippen LogP contribution in [-0.2, 0) is 17.9 Å². The monoisotopic (exact) mass is 381 g/mol. The van der Waals surface area contributed by atoms with E-state index in [-0.39, 0.29) is 17.4 Å². The van der Waals surface area contributed by atoms with Crippen molar-refractivity contribution in [2.75, 3.05) is 18.0 Å². The number of carbonyl (C=O) groups is 1. The van der Waals surface area contributed by atoms with Crippen molar-refractivity contribution in [1.29, 1.82) is 0 Å². The van der Waals surface area contributed by atoms with Crippen molar-refractivity contribution < 1.29 is 4.79 Å². The number of carbonyl (C=O) groups excluding carboxylic acids is 1. The molecule has 1 atom stereocenters. The normalized spacial score (nSPS) is 19.4. The highest BCUT2D eigenvalue weighted by atomic mass is 16.1. The summed E-state index contributed by atoms with van der Waals surface area (Å²) in [6, 6.07) is 5.52. The van der Waals surface area contributed by atoms with Crippen LogP contribution in [0.1, 0.15) is 37.7 Å². The highest BCUT2D eigenvalue weighted by Crippen LogP contribution is 2.30. The average Bonchev–Trinajstić information content (AvgIpc) is 3.53. The molecule has 2 aliphatic rings. The fraction of sp³-hybridized carbons (Fsp3) is 0.524. The fourth-order valence-corrected chi connectivity index (χ4v) is 3.78. The Morgan fingerprint density at radius 2 is 2.11 bits per heavy atom. The van der Waals surface area contributed by atoms with Crippen LogP contribution in [0.4, 0.5) is 5.69 Å². The molecule has 4 rings (SSSR count). The molecule has 1 N–H and O–H groups in total. The van der Waals surface area contributed by atoms with Gasteiger partial charge in [-0.05, 0) is 49.1 Å². The molecule has 0 bridgehead atoms. The number of hydrogen-bond acceptors (Lipinski definition) is 5. The number of hydrogen-bond donors (Lipinski definition) is 1. The van der Waals surface area contributed by atoms with E-state index >= 15 is 0 Å². The molecule has 0 aromatic carbocycles. The molecule has 2 fully saturated rings. The molecule has 1 amide bonds. The maximum Gasteiger partial charge on any atom is 0.268 e. The van der Waals surface area contributed by atoms with Crippen molar-refractivity contribution in [2.45, 2.75) is 45.2 Å². The van der Waals surface area contributed by atoms with Crippen LogP contribution in [0.25, 0.3) is 0 Å². The molecule has 1 saturated heterocycles. The van der Waals surface area contributed by atoms with Gasteiger partial charge in [0.05, 0.1) is 11.9 Å². The summed E-state index contributed by atoms with van der Waals surface area (Å²) in [6.07, 6.45) is 10.2. The molecule has 1 aliphatic carbocycles. The van der Waals surface area contributed by atoms with Crippen LogP contribution < -0.4 is 15.8 Å². The van der Waals surface area contributed by atoms with Gasteiger partial charge in [-0.1, -0.05) is 6.07 Å². The van der Waals surface area contributed by atoms with Crippen LogP contribution in [0.3, 0.4) is 0 Å². The third-order valence-corrected chi connectivity index (χ3v) is 5.55. The summed E-state index contributed by atoms with van der Waals surface area (Å²) in [7, 11) is 0. The van der Waals surface area contributed by atoms with Gasteiger partial charge < -0.3 is 10.2 Å². The Kier molecular flexibility index (Phi) is 5.69. The van der Waals surface area contributed by atoms with E-state index in [2.05, 4.69) is 20.3 Å². The maximum atomic E-state index is 12.3. The lowest BCUT2D eigenvalue weighted by Gasteiger charge is -2.34. The molecule has 28 heavy (non-hydrogen) atoms. The van der Waals surface area contributed by atoms with Crippen LogP contribution in [0.15, 0.2) is 41.6 Å². The van der Waals surface area contributed by atoms with Gasteiger partial charge in [0.1, 0.15) is 0 Å². The molecule has 2 aromatic heterocycles. The van der Waals surface area contributed by atoms with Gasteiger partial charge in [0, 0.05) is 51.1 Å². The van der Waals surface area contributed by atoms with Gasteiger partial charge in [-0.25, -0.2) is 4.68 Å². The van der Waals surface area contributed by atoms with Crippen molar-refractivity contribution in [3.8, 4) is 0 Å². The van der Waals surface area contributed by atoms with Gasteiger partial charge in [0.25, 0.3) is 5.56 Å². The van der Waals surface area contributed by atoms with E-state index in [4.69, 9.17) is 0 Å². The second-order valence-corrected chi connectivity index (χ2v) is 7.97. The molecule has 1 aliphatic heterocycles. The molecule has 7 nitrogen and oxygen atoms in total. The molecule has 2 aromatic rings. The van der Waals surface area contributed by atoms with E-state index in [1.807, 2.05) is 12.1 Å². The summed E-state index contributed by atoms with van der Waals surface area (Å²) < 4.78 is 1.58. The first kappa shape index (κ1) is 18.7. The summed E-state index contributed by atoms with van der Waals surface area (Å²) in [4.78, 5) is 30.9. The van der Waals surface area contributed by atoms with E-state index in [0.29, 0.717) is 18.9 Å². The highest BCUT2D eigenvalue weighted by Gasteiger charge is 2.25. The summed E-state index contributed by atoms with van der Waals surface area (Å²) in [5.74, 6) is 0.978. The minimum atomic E-state index is -0.0271. The van der Waals surface area contributed by atoms with Gasteiger partial charge in [-0.15, -0.1) is 0 Å². The minimum absolute atomic E-state index is 0.0271. The zero-order chi connectivity index (χ0) is 19.3. The summed E-state index contributed by atoms with van der Waals surface area (Å²) in [5, 5.41) is 7.34. The van der Waals surface area contributed by atoms with E-state index in [0.717, 1.165) is 43.7 Å². The van der Waals surface area contributed by atoms with Crippen LogP contribution in [0.2, 0.25) is 0 Å². The summed E-state index contributed by atoms with van der Waals surface area (Å²) in [5.41, 5.74) is 1.84. The van der Waals surface area contributed by atoms with E-state index in [9.17, 15) is 9.59 Å². The lowest BCUT2D eigenvalue weighted by Crippen LogP contribution is -2.38. The Bertz CT molecular complexity index is 863. The second-order valence-electron chi connectivity index (χ2n) is 7.97. The van der Waals surface area contributed by atoms with Crippen molar-refractivity contribution >= 4 is 11.6 Å². The quantitative estimate of drug-likeness (QED) is 0.793. The molecule has 0 radical (unpaired) electrons. The number of nitrogens with zero attached hydrogens (tertiary/aromatic N) is 4. The van der Waals surface area contributed by atoms with Gasteiger partial charge in [-0.3, -0.25) is 14.6 Å². The SMILES string of the molecule is O=C(CC1CCCN(c2cnn(CC3CC3)c(=O)c2)C1)NCc1cccnc1. The molecule has 3 heterocycles. The van der Waals surface area contributed by atoms with Crippen molar-refractivity contribution in [2.24, 2.45) is 11.8 Å². The van der Waals surface area contributed by atoms with Crippen molar-refractivity contribution in [1.82, 2.24) is 20.1 Å². The van der Waals surface area contributed by atoms with Gasteiger partial charge in [0.15, 0.2) is 0 Å². The first-order valence-corrected chi connectivity index (χ1v) is 10.1. The van der Waals surface area contributed by atoms with Crippen LogP contribution in [0.5, 0.6) is 0 Å². The first-order valence-electron chi connectivity index (χ1n) is 10.1. The maximum absolute atomic E-state index is 12.3. The minimum Gasteiger partial charge on any atom is -0.370 e. The molecular weight excluding hydrogens is 354 g/mol. The number of rotatable bonds is 7. The van der Waals surface area contributed by atoms with Gasteiger partial charge in [-0.2, -0.15) is 5.10 Å². The van der Waals surface area contributed by atoms with Gasteiger partial charge >= 0.3 is 0 Å². The van der Waals surface area contributed by atoms with Crippen molar-refractivity contribution in [3.63, 3.8) is 0 Å². The number of pyridine rings is 1. The number of anilines is 1. The lowest BCUT2D eigenvalue weighted by atomic mass is 9.94. The fourth-order valence-electron chi connectivity index (χ4n) is 3.78. The predicted octanol–water partition coefficient (Wildman–Crippen LogP) is 1.97. The molecule has 1 unspecified atom stereocenters. The Morgan fingerprint density at radius 1 is 1.21 bits per heavy atom. The molecular formula is C21H27N5O2.